The Kier molecular flexibility index (Phi) is 5.99. The van der Waals surface area contributed by atoms with Gasteiger partial charge in [-0.15, -0.1) is 0 Å². The molecule has 5 heteroatoms. The first kappa shape index (κ1) is 18.5. The number of hydrogen-bond acceptors (Lipinski definition) is 3. The fraction of sp³-hybridized carbons (Fsp3) is 0.579. The number of benzene rings is 1. The van der Waals surface area contributed by atoms with Crippen molar-refractivity contribution < 1.29 is 19.4 Å². The quantitative estimate of drug-likeness (QED) is 0.869. The number of carboxylic acids is 1. The lowest BCUT2D eigenvalue weighted by Crippen LogP contribution is -2.50. The van der Waals surface area contributed by atoms with Crippen LogP contribution in [0.4, 0.5) is 0 Å². The highest BCUT2D eigenvalue weighted by Crippen LogP contribution is 2.28. The Morgan fingerprint density at radius 3 is 2.54 bits per heavy atom. The third kappa shape index (κ3) is 4.57. The number of ether oxygens (including phenoxy) is 1. The fourth-order valence-corrected chi connectivity index (χ4v) is 3.18. The van der Waals surface area contributed by atoms with Gasteiger partial charge in [-0.3, -0.25) is 9.59 Å². The van der Waals surface area contributed by atoms with Crippen molar-refractivity contribution in [3.63, 3.8) is 0 Å². The smallest absolute Gasteiger partial charge is 0.306 e. The summed E-state index contributed by atoms with van der Waals surface area (Å²) in [7, 11) is 0. The number of aliphatic carboxylic acids is 1. The van der Waals surface area contributed by atoms with Crippen LogP contribution in [0.2, 0.25) is 0 Å². The van der Waals surface area contributed by atoms with E-state index in [1.807, 2.05) is 51.1 Å². The van der Waals surface area contributed by atoms with Crippen LogP contribution in [0.5, 0.6) is 0 Å². The fourth-order valence-electron chi connectivity index (χ4n) is 3.18. The van der Waals surface area contributed by atoms with E-state index in [1.165, 1.54) is 0 Å². The lowest BCUT2D eigenvalue weighted by atomic mass is 9.84. The molecule has 1 saturated heterocycles. The highest BCUT2D eigenvalue weighted by molar-refractivity contribution is 5.82. The summed E-state index contributed by atoms with van der Waals surface area (Å²) in [6, 6.07) is 9.87. The summed E-state index contributed by atoms with van der Waals surface area (Å²) in [4.78, 5) is 25.8. The second-order valence-electron chi connectivity index (χ2n) is 7.32. The molecule has 0 bridgehead atoms. The molecule has 1 N–H and O–H groups in total. The average molecular weight is 333 g/mol. The van der Waals surface area contributed by atoms with Crippen molar-refractivity contribution in [2.24, 2.45) is 17.3 Å². The summed E-state index contributed by atoms with van der Waals surface area (Å²) < 4.78 is 5.74. The van der Waals surface area contributed by atoms with Crippen LogP contribution >= 0.6 is 0 Å². The van der Waals surface area contributed by atoms with Gasteiger partial charge < -0.3 is 14.7 Å². The molecular weight excluding hydrogens is 306 g/mol. The standard InChI is InChI=1S/C19H27NO4/c1-14-11-20(10-9-16(14)17(21)22)18(23)19(2,3)13-24-12-15-7-5-4-6-8-15/h4-8,14,16H,9-13H2,1-3H3,(H,21,22). The number of likely N-dealkylation sites (tertiary alicyclic amines) is 1. The van der Waals surface area contributed by atoms with Crippen molar-refractivity contribution in [2.45, 2.75) is 33.8 Å². The molecule has 1 aliphatic heterocycles. The third-order valence-corrected chi connectivity index (χ3v) is 4.66. The number of hydrogen-bond donors (Lipinski definition) is 1. The third-order valence-electron chi connectivity index (χ3n) is 4.66. The van der Waals surface area contributed by atoms with Gasteiger partial charge in [-0.05, 0) is 31.7 Å². The Morgan fingerprint density at radius 2 is 1.96 bits per heavy atom. The maximum Gasteiger partial charge on any atom is 0.306 e. The van der Waals surface area contributed by atoms with Crippen molar-refractivity contribution in [2.75, 3.05) is 19.7 Å². The molecular formula is C19H27NO4. The molecule has 1 aliphatic rings. The van der Waals surface area contributed by atoms with Gasteiger partial charge >= 0.3 is 5.97 Å². The zero-order chi connectivity index (χ0) is 17.7. The number of nitrogens with zero attached hydrogens (tertiary/aromatic N) is 1. The van der Waals surface area contributed by atoms with Crippen LogP contribution in [0.25, 0.3) is 0 Å². The maximum atomic E-state index is 12.8. The lowest BCUT2D eigenvalue weighted by Gasteiger charge is -2.39. The van der Waals surface area contributed by atoms with Crippen LogP contribution in [0.15, 0.2) is 30.3 Å². The summed E-state index contributed by atoms with van der Waals surface area (Å²) in [5.74, 6) is -1.11. The second-order valence-corrected chi connectivity index (χ2v) is 7.32. The maximum absolute atomic E-state index is 12.8. The van der Waals surface area contributed by atoms with Crippen LogP contribution in [-0.2, 0) is 20.9 Å². The van der Waals surface area contributed by atoms with Crippen LogP contribution in [0.1, 0.15) is 32.8 Å². The van der Waals surface area contributed by atoms with E-state index in [0.29, 0.717) is 32.7 Å². The first-order valence-electron chi connectivity index (χ1n) is 8.45. The van der Waals surface area contributed by atoms with Crippen molar-refractivity contribution in [1.82, 2.24) is 4.90 Å². The predicted molar refractivity (Wildman–Crippen MR) is 91.4 cm³/mol. The van der Waals surface area contributed by atoms with Gasteiger partial charge in [-0.1, -0.05) is 37.3 Å². The largest absolute Gasteiger partial charge is 0.481 e. The minimum atomic E-state index is -0.764. The number of rotatable bonds is 6. The van der Waals surface area contributed by atoms with E-state index in [-0.39, 0.29) is 17.7 Å². The Bertz CT molecular complexity index is 570. The van der Waals surface area contributed by atoms with E-state index in [9.17, 15) is 14.7 Å². The molecule has 0 saturated carbocycles. The molecule has 1 fully saturated rings. The zero-order valence-corrected chi connectivity index (χ0v) is 14.7. The van der Waals surface area contributed by atoms with Gasteiger partial charge in [0.15, 0.2) is 0 Å². The molecule has 132 valence electrons. The molecule has 24 heavy (non-hydrogen) atoms. The Labute approximate surface area is 143 Å². The second kappa shape index (κ2) is 7.79. The Morgan fingerprint density at radius 1 is 1.29 bits per heavy atom. The van der Waals surface area contributed by atoms with Crippen LogP contribution < -0.4 is 0 Å². The van der Waals surface area contributed by atoms with Gasteiger partial charge in [0, 0.05) is 13.1 Å². The van der Waals surface area contributed by atoms with Crippen molar-refractivity contribution in [1.29, 1.82) is 0 Å². The van der Waals surface area contributed by atoms with Crippen molar-refractivity contribution >= 4 is 11.9 Å². The normalized spacial score (nSPS) is 21.5. The molecule has 2 atom stereocenters. The average Bonchev–Trinajstić information content (AvgIpc) is 2.54. The van der Waals surface area contributed by atoms with E-state index < -0.39 is 11.4 Å². The molecule has 1 amide bonds. The summed E-state index contributed by atoms with van der Waals surface area (Å²) >= 11 is 0. The van der Waals surface area contributed by atoms with E-state index in [1.54, 1.807) is 4.90 Å². The summed E-state index contributed by atoms with van der Waals surface area (Å²) in [6.45, 7) is 7.49. The number of amides is 1. The molecule has 0 radical (unpaired) electrons. The molecule has 0 aromatic heterocycles. The molecule has 2 rings (SSSR count). The molecule has 0 spiro atoms. The van der Waals surface area contributed by atoms with Gasteiger partial charge in [0.05, 0.1) is 24.5 Å². The van der Waals surface area contributed by atoms with Gasteiger partial charge in [-0.25, -0.2) is 0 Å². The Hall–Kier alpha value is -1.88. The topological polar surface area (TPSA) is 66.8 Å². The minimum absolute atomic E-state index is 0.0266. The summed E-state index contributed by atoms with van der Waals surface area (Å²) in [5, 5.41) is 9.19. The van der Waals surface area contributed by atoms with Gasteiger partial charge in [-0.2, -0.15) is 0 Å². The van der Waals surface area contributed by atoms with Crippen molar-refractivity contribution in [3.8, 4) is 0 Å². The molecule has 1 heterocycles. The van der Waals surface area contributed by atoms with E-state index in [0.717, 1.165) is 5.56 Å². The Balaban J connectivity index is 1.87. The van der Waals surface area contributed by atoms with Crippen LogP contribution in [-0.4, -0.2) is 41.6 Å². The minimum Gasteiger partial charge on any atom is -0.481 e. The molecule has 2 unspecified atom stereocenters. The monoisotopic (exact) mass is 333 g/mol. The highest BCUT2D eigenvalue weighted by Gasteiger charge is 2.38. The first-order chi connectivity index (χ1) is 11.3. The number of carbonyl (C=O) groups is 2. The molecule has 1 aromatic carbocycles. The van der Waals surface area contributed by atoms with Gasteiger partial charge in [0.1, 0.15) is 0 Å². The summed E-state index contributed by atoms with van der Waals surface area (Å²) in [5.41, 5.74) is 0.460. The zero-order valence-electron chi connectivity index (χ0n) is 14.7. The number of piperidine rings is 1. The van der Waals surface area contributed by atoms with Crippen molar-refractivity contribution in [3.05, 3.63) is 35.9 Å². The SMILES string of the molecule is CC1CN(C(=O)C(C)(C)COCc2ccccc2)CCC1C(=O)O. The van der Waals surface area contributed by atoms with Gasteiger partial charge in [0.2, 0.25) is 5.91 Å². The number of carboxylic acid groups (broad SMARTS) is 1. The highest BCUT2D eigenvalue weighted by atomic mass is 16.5. The van der Waals surface area contributed by atoms with Crippen LogP contribution in [0.3, 0.4) is 0 Å². The predicted octanol–water partition coefficient (Wildman–Crippen LogP) is 2.80. The number of carbonyl (C=O) groups excluding carboxylic acids is 1. The molecule has 1 aromatic rings. The lowest BCUT2D eigenvalue weighted by molar-refractivity contribution is -0.153. The van der Waals surface area contributed by atoms with E-state index in [4.69, 9.17) is 4.74 Å². The molecule has 5 nitrogen and oxygen atoms in total. The summed E-state index contributed by atoms with van der Waals surface area (Å²) in [6.07, 6.45) is 0.517. The van der Waals surface area contributed by atoms with Gasteiger partial charge in [0.25, 0.3) is 0 Å². The van der Waals surface area contributed by atoms with E-state index >= 15 is 0 Å². The van der Waals surface area contributed by atoms with E-state index in [2.05, 4.69) is 0 Å². The first-order valence-corrected chi connectivity index (χ1v) is 8.45. The van der Waals surface area contributed by atoms with Crippen LogP contribution in [0, 0.1) is 17.3 Å². The molecule has 0 aliphatic carbocycles.